The molecule has 0 aliphatic carbocycles. The molecule has 1 heterocycles. The Hall–Kier alpha value is -2.14. The molecular weight excluding hydrogens is 362 g/mol. The summed E-state index contributed by atoms with van der Waals surface area (Å²) in [5.41, 5.74) is 6.87. The van der Waals surface area contributed by atoms with E-state index in [1.807, 2.05) is 30.0 Å². The van der Waals surface area contributed by atoms with E-state index in [0.717, 1.165) is 26.1 Å². The number of carbonyl (C=O) groups excluding carboxylic acids is 2. The molecule has 160 valence electrons. The Morgan fingerprint density at radius 3 is 2.28 bits per heavy atom. The molecule has 1 aliphatic heterocycles. The number of rotatable bonds is 10. The molecule has 2 atom stereocenters. The maximum absolute atomic E-state index is 13.2. The molecule has 0 saturated carbocycles. The number of amides is 2. The zero-order valence-electron chi connectivity index (χ0n) is 18.2. The third-order valence-electron chi connectivity index (χ3n) is 5.65. The van der Waals surface area contributed by atoms with Gasteiger partial charge in [0.15, 0.2) is 0 Å². The number of hydrogen-bond donors (Lipinski definition) is 1. The largest absolute Gasteiger partial charge is 0.369 e. The van der Waals surface area contributed by atoms with Gasteiger partial charge in [0.2, 0.25) is 11.8 Å². The summed E-state index contributed by atoms with van der Waals surface area (Å²) in [4.78, 5) is 29.6. The highest BCUT2D eigenvalue weighted by atomic mass is 16.2. The number of piperazine rings is 1. The van der Waals surface area contributed by atoms with Crippen LogP contribution in [0.2, 0.25) is 0 Å². The van der Waals surface area contributed by atoms with Gasteiger partial charge in [-0.25, -0.2) is 0 Å². The minimum atomic E-state index is -0.360. The lowest BCUT2D eigenvalue weighted by molar-refractivity contribution is -0.143. The molecule has 2 unspecified atom stereocenters. The molecule has 0 radical (unpaired) electrons. The Bertz CT molecular complexity index is 664. The highest BCUT2D eigenvalue weighted by Gasteiger charge is 2.35. The van der Waals surface area contributed by atoms with Gasteiger partial charge < -0.3 is 10.6 Å². The molecule has 0 spiro atoms. The van der Waals surface area contributed by atoms with E-state index in [-0.39, 0.29) is 23.7 Å². The van der Waals surface area contributed by atoms with Crippen molar-refractivity contribution in [3.63, 3.8) is 0 Å². The summed E-state index contributed by atoms with van der Waals surface area (Å²) in [6, 6.07) is 10.3. The lowest BCUT2D eigenvalue weighted by atomic mass is 9.81. The quantitative estimate of drug-likeness (QED) is 0.656. The van der Waals surface area contributed by atoms with Gasteiger partial charge in [0.05, 0.1) is 0 Å². The molecule has 2 amide bonds. The average molecular weight is 400 g/mol. The maximum atomic E-state index is 13.2. The zero-order valence-corrected chi connectivity index (χ0v) is 18.2. The molecule has 2 rings (SSSR count). The van der Waals surface area contributed by atoms with Crippen molar-refractivity contribution < 1.29 is 9.59 Å². The first-order valence-electron chi connectivity index (χ1n) is 10.9. The number of nitrogens with two attached hydrogens (primary N) is 1. The first-order valence-corrected chi connectivity index (χ1v) is 10.9. The van der Waals surface area contributed by atoms with E-state index in [1.165, 1.54) is 5.56 Å². The molecule has 29 heavy (non-hydrogen) atoms. The summed E-state index contributed by atoms with van der Waals surface area (Å²) in [6.07, 6.45) is 6.57. The second kappa shape index (κ2) is 11.8. The van der Waals surface area contributed by atoms with Crippen molar-refractivity contribution in [1.82, 2.24) is 9.80 Å². The lowest BCUT2D eigenvalue weighted by Crippen LogP contribution is -2.52. The SMILES string of the molecule is CCCC(C(N)=O)C(CC(C)C)C(=O)N1CCN(C/C=C/c2ccccc2)CC1. The summed E-state index contributed by atoms with van der Waals surface area (Å²) in [6.45, 7) is 10.3. The van der Waals surface area contributed by atoms with Crippen molar-refractivity contribution in [1.29, 1.82) is 0 Å². The Labute approximate surface area is 175 Å². The summed E-state index contributed by atoms with van der Waals surface area (Å²) in [7, 11) is 0. The van der Waals surface area contributed by atoms with Crippen molar-refractivity contribution in [3.8, 4) is 0 Å². The normalized spacial score (nSPS) is 17.6. The van der Waals surface area contributed by atoms with E-state index in [4.69, 9.17) is 5.73 Å². The monoisotopic (exact) mass is 399 g/mol. The minimum absolute atomic E-state index is 0.107. The Balaban J connectivity index is 1.92. The van der Waals surface area contributed by atoms with Gasteiger partial charge >= 0.3 is 0 Å². The first kappa shape index (κ1) is 23.1. The summed E-state index contributed by atoms with van der Waals surface area (Å²) < 4.78 is 0. The Kier molecular flexibility index (Phi) is 9.39. The molecule has 1 saturated heterocycles. The minimum Gasteiger partial charge on any atom is -0.369 e. The molecule has 2 N–H and O–H groups in total. The fraction of sp³-hybridized carbons (Fsp3) is 0.583. The number of nitrogens with zero attached hydrogens (tertiary/aromatic N) is 2. The van der Waals surface area contributed by atoms with Gasteiger partial charge in [-0.15, -0.1) is 0 Å². The lowest BCUT2D eigenvalue weighted by Gasteiger charge is -2.37. The van der Waals surface area contributed by atoms with Crippen molar-refractivity contribution in [2.45, 2.75) is 40.0 Å². The molecule has 0 bridgehead atoms. The Morgan fingerprint density at radius 2 is 1.72 bits per heavy atom. The van der Waals surface area contributed by atoms with E-state index in [1.54, 1.807) is 0 Å². The first-order chi connectivity index (χ1) is 13.9. The average Bonchev–Trinajstić information content (AvgIpc) is 2.71. The van der Waals surface area contributed by atoms with Crippen LogP contribution in [0.3, 0.4) is 0 Å². The van der Waals surface area contributed by atoms with Gasteiger partial charge in [-0.1, -0.05) is 69.7 Å². The van der Waals surface area contributed by atoms with E-state index in [0.29, 0.717) is 31.8 Å². The fourth-order valence-corrected chi connectivity index (χ4v) is 4.09. The van der Waals surface area contributed by atoms with Gasteiger partial charge in [0.25, 0.3) is 0 Å². The van der Waals surface area contributed by atoms with Crippen LogP contribution in [-0.4, -0.2) is 54.3 Å². The molecule has 1 aromatic carbocycles. The van der Waals surface area contributed by atoms with Crippen molar-refractivity contribution in [3.05, 3.63) is 42.0 Å². The van der Waals surface area contributed by atoms with Crippen LogP contribution in [0.15, 0.2) is 36.4 Å². The maximum Gasteiger partial charge on any atom is 0.226 e. The second-order valence-electron chi connectivity index (χ2n) is 8.47. The summed E-state index contributed by atoms with van der Waals surface area (Å²) in [5, 5.41) is 0. The van der Waals surface area contributed by atoms with E-state index in [9.17, 15) is 9.59 Å². The van der Waals surface area contributed by atoms with Crippen molar-refractivity contribution in [2.24, 2.45) is 23.5 Å². The van der Waals surface area contributed by atoms with Crippen LogP contribution in [-0.2, 0) is 9.59 Å². The number of primary amides is 1. The highest BCUT2D eigenvalue weighted by molar-refractivity contribution is 5.87. The van der Waals surface area contributed by atoms with Crippen LogP contribution >= 0.6 is 0 Å². The van der Waals surface area contributed by atoms with Gasteiger partial charge in [-0.2, -0.15) is 0 Å². The molecule has 0 aromatic heterocycles. The molecule has 1 fully saturated rings. The Morgan fingerprint density at radius 1 is 1.07 bits per heavy atom. The smallest absolute Gasteiger partial charge is 0.226 e. The topological polar surface area (TPSA) is 66.6 Å². The standard InChI is InChI=1S/C24H37N3O2/c1-4-9-21(23(25)28)22(18-19(2)3)24(29)27-16-14-26(15-17-27)13-8-12-20-10-6-5-7-11-20/h5-8,10-12,19,21-22H,4,9,13-18H2,1-3H3,(H2,25,28)/b12-8+. The van der Waals surface area contributed by atoms with Crippen LogP contribution in [0.4, 0.5) is 0 Å². The van der Waals surface area contributed by atoms with E-state index in [2.05, 4.69) is 43.0 Å². The number of carbonyl (C=O) groups is 2. The summed E-state index contributed by atoms with van der Waals surface area (Å²) in [5.74, 6) is -0.531. The van der Waals surface area contributed by atoms with Gasteiger partial charge in [0, 0.05) is 44.6 Å². The molecule has 5 nitrogen and oxygen atoms in total. The number of hydrogen-bond acceptors (Lipinski definition) is 3. The van der Waals surface area contributed by atoms with Crippen molar-refractivity contribution >= 4 is 17.9 Å². The van der Waals surface area contributed by atoms with Crippen LogP contribution in [0.1, 0.15) is 45.6 Å². The van der Waals surface area contributed by atoms with Crippen LogP contribution in [0.5, 0.6) is 0 Å². The predicted molar refractivity (Wildman–Crippen MR) is 119 cm³/mol. The second-order valence-corrected chi connectivity index (χ2v) is 8.47. The molecule has 1 aromatic rings. The zero-order chi connectivity index (χ0) is 21.2. The fourth-order valence-electron chi connectivity index (χ4n) is 4.09. The molecule has 1 aliphatic rings. The van der Waals surface area contributed by atoms with Gasteiger partial charge in [0.1, 0.15) is 0 Å². The third kappa shape index (κ3) is 7.32. The molecular formula is C24H37N3O2. The highest BCUT2D eigenvalue weighted by Crippen LogP contribution is 2.27. The van der Waals surface area contributed by atoms with Crippen molar-refractivity contribution in [2.75, 3.05) is 32.7 Å². The van der Waals surface area contributed by atoms with Gasteiger partial charge in [-0.3, -0.25) is 14.5 Å². The van der Waals surface area contributed by atoms with Crippen LogP contribution < -0.4 is 5.73 Å². The van der Waals surface area contributed by atoms with E-state index < -0.39 is 0 Å². The number of benzene rings is 1. The van der Waals surface area contributed by atoms with Crippen LogP contribution in [0, 0.1) is 17.8 Å². The summed E-state index contributed by atoms with van der Waals surface area (Å²) >= 11 is 0. The third-order valence-corrected chi connectivity index (χ3v) is 5.65. The van der Waals surface area contributed by atoms with Gasteiger partial charge in [-0.05, 0) is 24.3 Å². The molecule has 5 heteroatoms. The van der Waals surface area contributed by atoms with Crippen LogP contribution in [0.25, 0.3) is 6.08 Å². The predicted octanol–water partition coefficient (Wildman–Crippen LogP) is 3.41. The van der Waals surface area contributed by atoms with E-state index >= 15 is 0 Å².